The molecule has 3 unspecified atom stereocenters. The molecule has 0 aliphatic carbocycles. The van der Waals surface area contributed by atoms with Crippen molar-refractivity contribution < 1.29 is 0 Å². The number of rotatable bonds is 2. The smallest absolute Gasteiger partial charge is 0.108 e. The molecule has 0 amide bonds. The molecule has 92 valence electrons. The van der Waals surface area contributed by atoms with E-state index in [9.17, 15) is 0 Å². The number of piperidine rings is 1. The van der Waals surface area contributed by atoms with E-state index >= 15 is 0 Å². The van der Waals surface area contributed by atoms with E-state index in [0.717, 1.165) is 13.1 Å². The highest BCUT2D eigenvalue weighted by Crippen LogP contribution is 2.25. The molecule has 4 heteroatoms. The van der Waals surface area contributed by atoms with Crippen LogP contribution < -0.4 is 5.73 Å². The molecule has 16 heavy (non-hydrogen) atoms. The molecule has 2 aliphatic rings. The fraction of sp³-hybridized carbons (Fsp3) is 0.917. The molecule has 0 saturated carbocycles. The Bertz CT molecular complexity index is 266. The average Bonchev–Trinajstić information content (AvgIpc) is 2.27. The minimum atomic E-state index is 0.0964. The lowest BCUT2D eigenvalue weighted by molar-refractivity contribution is 0.00816. The van der Waals surface area contributed by atoms with Crippen molar-refractivity contribution >= 4 is 5.84 Å². The standard InChI is InChI=1S/C12H24N4/c1-9-7-15-6-4-3-5-11(15)8-16(9)10(2)12(13)14/h9-11H,3-8H2,1-2H3,(H3,13,14). The van der Waals surface area contributed by atoms with Crippen molar-refractivity contribution in [1.29, 1.82) is 5.41 Å². The maximum Gasteiger partial charge on any atom is 0.108 e. The number of amidine groups is 1. The molecular weight excluding hydrogens is 200 g/mol. The summed E-state index contributed by atoms with van der Waals surface area (Å²) in [7, 11) is 0. The van der Waals surface area contributed by atoms with Crippen molar-refractivity contribution in [2.75, 3.05) is 19.6 Å². The maximum atomic E-state index is 7.58. The van der Waals surface area contributed by atoms with Gasteiger partial charge in [-0.05, 0) is 33.2 Å². The van der Waals surface area contributed by atoms with E-state index in [1.54, 1.807) is 0 Å². The van der Waals surface area contributed by atoms with Crippen LogP contribution in [0.5, 0.6) is 0 Å². The Hall–Kier alpha value is -0.610. The summed E-state index contributed by atoms with van der Waals surface area (Å²) in [5.74, 6) is 0.302. The van der Waals surface area contributed by atoms with Gasteiger partial charge in [0.15, 0.2) is 0 Å². The first-order chi connectivity index (χ1) is 7.59. The largest absolute Gasteiger partial charge is 0.386 e. The van der Waals surface area contributed by atoms with Crippen molar-refractivity contribution in [3.8, 4) is 0 Å². The number of fused-ring (bicyclic) bond motifs is 1. The van der Waals surface area contributed by atoms with Crippen LogP contribution in [0.15, 0.2) is 0 Å². The SMILES string of the molecule is CC1CN2CCCCC2CN1C(C)C(=N)N. The number of nitrogens with zero attached hydrogens (tertiary/aromatic N) is 2. The molecule has 2 rings (SSSR count). The minimum absolute atomic E-state index is 0.0964. The maximum absolute atomic E-state index is 7.58. The van der Waals surface area contributed by atoms with E-state index in [0.29, 0.717) is 17.9 Å². The zero-order valence-corrected chi connectivity index (χ0v) is 10.4. The van der Waals surface area contributed by atoms with Crippen molar-refractivity contribution in [2.24, 2.45) is 5.73 Å². The predicted octanol–water partition coefficient (Wildman–Crippen LogP) is 0.869. The van der Waals surface area contributed by atoms with Crippen LogP contribution in [-0.2, 0) is 0 Å². The molecule has 4 nitrogen and oxygen atoms in total. The molecule has 2 heterocycles. The summed E-state index contributed by atoms with van der Waals surface area (Å²) in [5.41, 5.74) is 5.63. The second kappa shape index (κ2) is 4.72. The zero-order valence-electron chi connectivity index (χ0n) is 10.4. The number of piperazine rings is 1. The Balaban J connectivity index is 2.02. The minimum Gasteiger partial charge on any atom is -0.386 e. The zero-order chi connectivity index (χ0) is 11.7. The average molecular weight is 224 g/mol. The summed E-state index contributed by atoms with van der Waals surface area (Å²) in [6, 6.07) is 1.32. The van der Waals surface area contributed by atoms with Gasteiger partial charge in [0.25, 0.3) is 0 Å². The lowest BCUT2D eigenvalue weighted by Gasteiger charge is -2.49. The van der Waals surface area contributed by atoms with Gasteiger partial charge in [-0.25, -0.2) is 0 Å². The van der Waals surface area contributed by atoms with Crippen molar-refractivity contribution in [3.05, 3.63) is 0 Å². The second-order valence-corrected chi connectivity index (χ2v) is 5.32. The quantitative estimate of drug-likeness (QED) is 0.540. The van der Waals surface area contributed by atoms with Gasteiger partial charge in [0.1, 0.15) is 5.84 Å². The van der Waals surface area contributed by atoms with Crippen LogP contribution >= 0.6 is 0 Å². The van der Waals surface area contributed by atoms with E-state index in [1.165, 1.54) is 25.8 Å². The predicted molar refractivity (Wildman–Crippen MR) is 66.8 cm³/mol. The molecule has 3 N–H and O–H groups in total. The highest BCUT2D eigenvalue weighted by molar-refractivity contribution is 5.82. The van der Waals surface area contributed by atoms with Crippen molar-refractivity contribution in [2.45, 2.75) is 51.2 Å². The Kier molecular flexibility index (Phi) is 3.50. The fourth-order valence-corrected chi connectivity index (χ4v) is 3.09. The third-order valence-corrected chi connectivity index (χ3v) is 4.18. The van der Waals surface area contributed by atoms with Gasteiger partial charge in [-0.15, -0.1) is 0 Å². The van der Waals surface area contributed by atoms with Gasteiger partial charge in [0.2, 0.25) is 0 Å². The Morgan fingerprint density at radius 1 is 1.38 bits per heavy atom. The number of nitrogens with two attached hydrogens (primary N) is 1. The third kappa shape index (κ3) is 2.23. The van der Waals surface area contributed by atoms with Gasteiger partial charge >= 0.3 is 0 Å². The van der Waals surface area contributed by atoms with Crippen LogP contribution in [0.2, 0.25) is 0 Å². The molecule has 0 aromatic rings. The summed E-state index contributed by atoms with van der Waals surface area (Å²) in [5, 5.41) is 7.58. The highest BCUT2D eigenvalue weighted by atomic mass is 15.3. The van der Waals surface area contributed by atoms with Gasteiger partial charge in [0, 0.05) is 25.2 Å². The van der Waals surface area contributed by atoms with Crippen LogP contribution in [0.4, 0.5) is 0 Å². The molecule has 0 bridgehead atoms. The second-order valence-electron chi connectivity index (χ2n) is 5.32. The molecular formula is C12H24N4. The van der Waals surface area contributed by atoms with Crippen molar-refractivity contribution in [1.82, 2.24) is 9.80 Å². The lowest BCUT2D eigenvalue weighted by atomic mass is 9.96. The van der Waals surface area contributed by atoms with Crippen LogP contribution in [0.25, 0.3) is 0 Å². The van der Waals surface area contributed by atoms with Crippen LogP contribution in [-0.4, -0.2) is 53.4 Å². The number of hydrogen-bond donors (Lipinski definition) is 2. The van der Waals surface area contributed by atoms with E-state index in [-0.39, 0.29) is 6.04 Å². The van der Waals surface area contributed by atoms with Gasteiger partial charge in [-0.1, -0.05) is 6.42 Å². The van der Waals surface area contributed by atoms with Crippen LogP contribution in [0.1, 0.15) is 33.1 Å². The van der Waals surface area contributed by atoms with E-state index in [4.69, 9.17) is 11.1 Å². The summed E-state index contributed by atoms with van der Waals surface area (Å²) in [6.45, 7) is 7.79. The monoisotopic (exact) mass is 224 g/mol. The summed E-state index contributed by atoms with van der Waals surface area (Å²) in [4.78, 5) is 5.02. The molecule has 0 aromatic heterocycles. The van der Waals surface area contributed by atoms with Crippen LogP contribution in [0.3, 0.4) is 0 Å². The van der Waals surface area contributed by atoms with Gasteiger partial charge in [-0.3, -0.25) is 15.2 Å². The normalized spacial score (nSPS) is 34.4. The topological polar surface area (TPSA) is 56.4 Å². The molecule has 2 fully saturated rings. The molecule has 2 aliphatic heterocycles. The van der Waals surface area contributed by atoms with Gasteiger partial charge < -0.3 is 5.73 Å². The van der Waals surface area contributed by atoms with E-state index in [1.807, 2.05) is 0 Å². The summed E-state index contributed by atoms with van der Waals surface area (Å²) < 4.78 is 0. The summed E-state index contributed by atoms with van der Waals surface area (Å²) >= 11 is 0. The molecule has 2 saturated heterocycles. The number of nitrogens with one attached hydrogen (secondary N) is 1. The van der Waals surface area contributed by atoms with Crippen molar-refractivity contribution in [3.63, 3.8) is 0 Å². The Morgan fingerprint density at radius 2 is 2.12 bits per heavy atom. The van der Waals surface area contributed by atoms with E-state index in [2.05, 4.69) is 23.6 Å². The molecule has 0 radical (unpaired) electrons. The number of hydrogen-bond acceptors (Lipinski definition) is 3. The first kappa shape index (κ1) is 11.9. The Morgan fingerprint density at radius 3 is 2.81 bits per heavy atom. The van der Waals surface area contributed by atoms with Gasteiger partial charge in [-0.2, -0.15) is 0 Å². The first-order valence-electron chi connectivity index (χ1n) is 6.43. The fourth-order valence-electron chi connectivity index (χ4n) is 3.09. The Labute approximate surface area is 98.3 Å². The molecule has 0 aromatic carbocycles. The van der Waals surface area contributed by atoms with E-state index < -0.39 is 0 Å². The van der Waals surface area contributed by atoms with Crippen LogP contribution in [0, 0.1) is 5.41 Å². The van der Waals surface area contributed by atoms with Gasteiger partial charge in [0.05, 0.1) is 6.04 Å². The molecule has 3 atom stereocenters. The highest BCUT2D eigenvalue weighted by Gasteiger charge is 2.35. The summed E-state index contributed by atoms with van der Waals surface area (Å²) in [6.07, 6.45) is 4.02. The molecule has 0 spiro atoms. The third-order valence-electron chi connectivity index (χ3n) is 4.18. The first-order valence-corrected chi connectivity index (χ1v) is 6.43. The lowest BCUT2D eigenvalue weighted by Crippen LogP contribution is -2.62.